The van der Waals surface area contributed by atoms with Gasteiger partial charge in [0.05, 0.1) is 10.9 Å². The Kier molecular flexibility index (Phi) is 3.35. The Hall–Kier alpha value is -3.07. The normalized spacial score (nSPS) is 22.7. The van der Waals surface area contributed by atoms with Crippen LogP contribution in [0, 0.1) is 5.92 Å². The third-order valence-electron chi connectivity index (χ3n) is 5.43. The van der Waals surface area contributed by atoms with Crippen LogP contribution in [0.5, 0.6) is 5.75 Å². The molecular formula is C23H18O3. The van der Waals surface area contributed by atoms with E-state index in [4.69, 9.17) is 9.15 Å². The van der Waals surface area contributed by atoms with Crippen LogP contribution in [0.4, 0.5) is 0 Å². The number of benzene rings is 2. The first kappa shape index (κ1) is 15.2. The highest BCUT2D eigenvalue weighted by Gasteiger charge is 2.37. The Morgan fingerprint density at radius 1 is 1.04 bits per heavy atom. The van der Waals surface area contributed by atoms with E-state index in [1.807, 2.05) is 42.5 Å². The summed E-state index contributed by atoms with van der Waals surface area (Å²) >= 11 is 0. The lowest BCUT2D eigenvalue weighted by Crippen LogP contribution is -2.32. The SMILES string of the molecule is C/C(=C1\C=C[C@@H]2Oc3c(c(=O)oc4ccccc34)C[C@H]12)c1ccccc1. The second kappa shape index (κ2) is 5.73. The molecule has 26 heavy (non-hydrogen) atoms. The molecule has 0 unspecified atom stereocenters. The van der Waals surface area contributed by atoms with Gasteiger partial charge in [0, 0.05) is 5.92 Å². The zero-order valence-corrected chi connectivity index (χ0v) is 14.4. The molecule has 1 aliphatic carbocycles. The molecule has 2 heterocycles. The number of para-hydroxylation sites is 1. The van der Waals surface area contributed by atoms with E-state index >= 15 is 0 Å². The summed E-state index contributed by atoms with van der Waals surface area (Å²) in [5.41, 5.74) is 4.59. The fraction of sp³-hybridized carbons (Fsp3) is 0.174. The monoisotopic (exact) mass is 342 g/mol. The molecule has 0 amide bonds. The summed E-state index contributed by atoms with van der Waals surface area (Å²) < 4.78 is 11.8. The average Bonchev–Trinajstić information content (AvgIpc) is 3.10. The van der Waals surface area contributed by atoms with Crippen molar-refractivity contribution in [1.29, 1.82) is 0 Å². The van der Waals surface area contributed by atoms with E-state index in [1.165, 1.54) is 16.7 Å². The topological polar surface area (TPSA) is 39.4 Å². The molecule has 3 nitrogen and oxygen atoms in total. The van der Waals surface area contributed by atoms with E-state index in [-0.39, 0.29) is 17.6 Å². The molecule has 1 aliphatic heterocycles. The van der Waals surface area contributed by atoms with Crippen molar-refractivity contribution in [3.8, 4) is 5.75 Å². The molecule has 5 rings (SSSR count). The van der Waals surface area contributed by atoms with Crippen LogP contribution in [0.3, 0.4) is 0 Å². The van der Waals surface area contributed by atoms with Gasteiger partial charge in [-0.2, -0.15) is 0 Å². The molecule has 3 heteroatoms. The molecule has 2 aliphatic rings. The Bertz CT molecular complexity index is 1120. The molecule has 0 N–H and O–H groups in total. The molecule has 0 radical (unpaired) electrons. The van der Waals surface area contributed by atoms with Crippen molar-refractivity contribution in [1.82, 2.24) is 0 Å². The number of hydrogen-bond donors (Lipinski definition) is 0. The summed E-state index contributed by atoms with van der Waals surface area (Å²) in [7, 11) is 0. The average molecular weight is 342 g/mol. The first-order valence-corrected chi connectivity index (χ1v) is 8.88. The summed E-state index contributed by atoms with van der Waals surface area (Å²) in [6.45, 7) is 2.13. The largest absolute Gasteiger partial charge is 0.484 e. The van der Waals surface area contributed by atoms with Crippen molar-refractivity contribution >= 4 is 16.5 Å². The van der Waals surface area contributed by atoms with Crippen LogP contribution >= 0.6 is 0 Å². The molecule has 3 aromatic rings. The third-order valence-corrected chi connectivity index (χ3v) is 5.43. The van der Waals surface area contributed by atoms with Gasteiger partial charge in [-0.25, -0.2) is 4.79 Å². The minimum atomic E-state index is -0.291. The summed E-state index contributed by atoms with van der Waals surface area (Å²) in [4.78, 5) is 12.5. The molecule has 0 saturated heterocycles. The quantitative estimate of drug-likeness (QED) is 0.599. The van der Waals surface area contributed by atoms with Crippen molar-refractivity contribution in [2.24, 2.45) is 5.92 Å². The fourth-order valence-electron chi connectivity index (χ4n) is 4.07. The standard InChI is InChI=1S/C23H18O3/c1-14(15-7-3-2-4-8-15)16-11-12-21-18(16)13-19-22(25-21)17-9-5-6-10-20(17)26-23(19)24/h2-12,18,21H,13H2,1H3/b16-14-/t18-,21+/m1/s1. The van der Waals surface area contributed by atoms with Crippen molar-refractivity contribution < 1.29 is 9.15 Å². The van der Waals surface area contributed by atoms with Gasteiger partial charge in [-0.3, -0.25) is 0 Å². The minimum absolute atomic E-state index is 0.0404. The molecule has 0 spiro atoms. The molecule has 0 saturated carbocycles. The molecule has 0 fully saturated rings. The smallest absolute Gasteiger partial charge is 0.343 e. The predicted molar refractivity (Wildman–Crippen MR) is 102 cm³/mol. The first-order chi connectivity index (χ1) is 12.7. The van der Waals surface area contributed by atoms with Gasteiger partial charge < -0.3 is 9.15 Å². The van der Waals surface area contributed by atoms with Crippen molar-refractivity contribution in [2.75, 3.05) is 0 Å². The lowest BCUT2D eigenvalue weighted by atomic mass is 9.86. The lowest BCUT2D eigenvalue weighted by molar-refractivity contribution is 0.183. The molecular weight excluding hydrogens is 324 g/mol. The second-order valence-corrected chi connectivity index (χ2v) is 6.89. The predicted octanol–water partition coefficient (Wildman–Crippen LogP) is 4.76. The first-order valence-electron chi connectivity index (χ1n) is 8.88. The van der Waals surface area contributed by atoms with Crippen LogP contribution in [0.15, 0.2) is 81.5 Å². The Morgan fingerprint density at radius 3 is 2.65 bits per heavy atom. The third kappa shape index (κ3) is 2.24. The number of ether oxygens (including phenoxy) is 1. The molecule has 2 aromatic carbocycles. The summed E-state index contributed by atoms with van der Waals surface area (Å²) in [6, 6.07) is 17.9. The van der Waals surface area contributed by atoms with Gasteiger partial charge in [-0.05, 0) is 48.3 Å². The van der Waals surface area contributed by atoms with Gasteiger partial charge in [0.2, 0.25) is 0 Å². The van der Waals surface area contributed by atoms with Gasteiger partial charge in [0.1, 0.15) is 17.4 Å². The molecule has 0 bridgehead atoms. The van der Waals surface area contributed by atoms with E-state index in [1.54, 1.807) is 0 Å². The molecule has 2 atom stereocenters. The second-order valence-electron chi connectivity index (χ2n) is 6.89. The maximum absolute atomic E-state index is 12.5. The number of rotatable bonds is 1. The number of hydrogen-bond acceptors (Lipinski definition) is 3. The summed E-state index contributed by atoms with van der Waals surface area (Å²) in [6.07, 6.45) is 4.85. The highest BCUT2D eigenvalue weighted by atomic mass is 16.5. The van der Waals surface area contributed by atoms with E-state index in [9.17, 15) is 4.79 Å². The lowest BCUT2D eigenvalue weighted by Gasteiger charge is -2.30. The number of allylic oxidation sites excluding steroid dienone is 2. The van der Waals surface area contributed by atoms with Gasteiger partial charge in [0.25, 0.3) is 0 Å². The minimum Gasteiger partial charge on any atom is -0.484 e. The van der Waals surface area contributed by atoms with E-state index in [0.29, 0.717) is 23.3 Å². The maximum atomic E-state index is 12.5. The maximum Gasteiger partial charge on any atom is 0.343 e. The van der Waals surface area contributed by atoms with Gasteiger partial charge in [-0.1, -0.05) is 48.5 Å². The summed E-state index contributed by atoms with van der Waals surface area (Å²) in [5, 5.41) is 0.867. The Labute approximate surface area is 151 Å². The zero-order valence-electron chi connectivity index (χ0n) is 14.4. The number of fused-ring (bicyclic) bond motifs is 4. The van der Waals surface area contributed by atoms with E-state index in [2.05, 4.69) is 31.2 Å². The van der Waals surface area contributed by atoms with Crippen LogP contribution in [-0.4, -0.2) is 6.10 Å². The zero-order chi connectivity index (χ0) is 17.7. The summed E-state index contributed by atoms with van der Waals surface area (Å²) in [5.74, 6) is 0.827. The fourth-order valence-corrected chi connectivity index (χ4v) is 4.07. The highest BCUT2D eigenvalue weighted by molar-refractivity contribution is 5.85. The van der Waals surface area contributed by atoms with Crippen molar-refractivity contribution in [3.05, 3.63) is 93.9 Å². The van der Waals surface area contributed by atoms with Crippen LogP contribution in [0.25, 0.3) is 16.5 Å². The Balaban J connectivity index is 1.63. The van der Waals surface area contributed by atoms with E-state index in [0.717, 1.165) is 5.39 Å². The highest BCUT2D eigenvalue weighted by Crippen LogP contribution is 2.42. The van der Waals surface area contributed by atoms with Gasteiger partial charge in [-0.15, -0.1) is 0 Å². The molecule has 1 aromatic heterocycles. The van der Waals surface area contributed by atoms with Crippen LogP contribution in [0.1, 0.15) is 18.1 Å². The molecule has 128 valence electrons. The van der Waals surface area contributed by atoms with Crippen LogP contribution in [-0.2, 0) is 6.42 Å². The van der Waals surface area contributed by atoms with Crippen LogP contribution < -0.4 is 10.4 Å². The van der Waals surface area contributed by atoms with Gasteiger partial charge in [0.15, 0.2) is 0 Å². The van der Waals surface area contributed by atoms with Crippen molar-refractivity contribution in [3.63, 3.8) is 0 Å². The van der Waals surface area contributed by atoms with Crippen LogP contribution in [0.2, 0.25) is 0 Å². The Morgan fingerprint density at radius 2 is 1.81 bits per heavy atom. The van der Waals surface area contributed by atoms with E-state index < -0.39 is 0 Å². The van der Waals surface area contributed by atoms with Gasteiger partial charge >= 0.3 is 5.63 Å². The van der Waals surface area contributed by atoms with Crippen molar-refractivity contribution in [2.45, 2.75) is 19.4 Å².